The molecule has 0 atom stereocenters. The molecule has 4 nitrogen and oxygen atoms in total. The summed E-state index contributed by atoms with van der Waals surface area (Å²) in [7, 11) is 0. The van der Waals surface area contributed by atoms with Crippen LogP contribution in [0.4, 0.5) is 0 Å². The van der Waals surface area contributed by atoms with Gasteiger partial charge in [-0.1, -0.05) is 30.3 Å². The average Bonchev–Trinajstić information content (AvgIpc) is 2.08. The number of nitrogens with zero attached hydrogens (tertiary/aromatic N) is 3. The number of quaternary nitrogens is 1. The van der Waals surface area contributed by atoms with Crippen LogP contribution in [0.1, 0.15) is 5.56 Å². The van der Waals surface area contributed by atoms with Gasteiger partial charge < -0.3 is 16.8 Å². The van der Waals surface area contributed by atoms with Crippen LogP contribution in [-0.4, -0.2) is 0 Å². The molecule has 0 amide bonds. The van der Waals surface area contributed by atoms with Gasteiger partial charge >= 0.3 is 0 Å². The molecule has 0 saturated heterocycles. The van der Waals surface area contributed by atoms with E-state index in [1.54, 1.807) is 0 Å². The van der Waals surface area contributed by atoms with Crippen molar-refractivity contribution in [2.24, 2.45) is 0 Å². The monoisotopic (exact) mass is 150 g/mol. The van der Waals surface area contributed by atoms with Gasteiger partial charge in [-0.05, 0) is 0 Å². The van der Waals surface area contributed by atoms with Gasteiger partial charge in [-0.2, -0.15) is 0 Å². The minimum absolute atomic E-state index is 0.890. The van der Waals surface area contributed by atoms with Crippen molar-refractivity contribution in [2.45, 2.75) is 6.54 Å². The summed E-state index contributed by atoms with van der Waals surface area (Å²) in [5.41, 5.74) is 18.6. The van der Waals surface area contributed by atoms with Crippen LogP contribution in [0.5, 0.6) is 0 Å². The van der Waals surface area contributed by atoms with E-state index in [2.05, 4.69) is 17.9 Å². The number of rotatable bonds is 1. The van der Waals surface area contributed by atoms with E-state index in [0.717, 1.165) is 6.54 Å². The molecule has 0 radical (unpaired) electrons. The van der Waals surface area contributed by atoms with E-state index in [-0.39, 0.29) is 0 Å². The summed E-state index contributed by atoms with van der Waals surface area (Å²) >= 11 is 0. The zero-order valence-corrected chi connectivity index (χ0v) is 6.14. The minimum Gasteiger partial charge on any atom is -0.373 e. The highest BCUT2D eigenvalue weighted by Crippen LogP contribution is 1.93. The van der Waals surface area contributed by atoms with E-state index >= 15 is 0 Å². The van der Waals surface area contributed by atoms with Gasteiger partial charge in [0.05, 0.1) is 6.54 Å². The Morgan fingerprint density at radius 2 is 1.64 bits per heavy atom. The second kappa shape index (κ2) is 6.61. The van der Waals surface area contributed by atoms with E-state index in [0.29, 0.717) is 0 Å². The van der Waals surface area contributed by atoms with Crippen molar-refractivity contribution in [3.8, 4) is 0 Å². The maximum absolute atomic E-state index is 6.75. The molecule has 0 aliphatic rings. The molecule has 0 fully saturated rings. The fourth-order valence-electron chi connectivity index (χ4n) is 0.645. The molecule has 0 aromatic heterocycles. The van der Waals surface area contributed by atoms with Crippen LogP contribution >= 0.6 is 0 Å². The molecule has 58 valence electrons. The fourth-order valence-corrected chi connectivity index (χ4v) is 0.645. The first-order valence-corrected chi connectivity index (χ1v) is 3.16. The van der Waals surface area contributed by atoms with Gasteiger partial charge in [0.25, 0.3) is 0 Å². The third-order valence-corrected chi connectivity index (χ3v) is 1.13. The lowest BCUT2D eigenvalue weighted by Gasteiger charge is -1.87. The van der Waals surface area contributed by atoms with Gasteiger partial charge in [-0.3, -0.25) is 4.91 Å². The number of benzene rings is 1. The molecule has 11 heavy (non-hydrogen) atoms. The van der Waals surface area contributed by atoms with Crippen molar-refractivity contribution in [3.05, 3.63) is 51.9 Å². The molecule has 0 heterocycles. The van der Waals surface area contributed by atoms with Gasteiger partial charge in [0, 0.05) is 5.56 Å². The van der Waals surface area contributed by atoms with Crippen LogP contribution in [-0.2, 0) is 6.54 Å². The Hall–Kier alpha value is -1.51. The Balaban J connectivity index is 0.000000292. The highest BCUT2D eigenvalue weighted by Gasteiger charge is 1.82. The average molecular weight is 150 g/mol. The second-order valence-electron chi connectivity index (χ2n) is 1.83. The SMILES string of the molecule is [N-]=[N+]=[N-].[NH3+]Cc1ccccc1. The van der Waals surface area contributed by atoms with Crippen LogP contribution < -0.4 is 5.73 Å². The van der Waals surface area contributed by atoms with Crippen molar-refractivity contribution in [3.63, 3.8) is 0 Å². The lowest BCUT2D eigenvalue weighted by atomic mass is 10.2. The van der Waals surface area contributed by atoms with E-state index < -0.39 is 0 Å². The predicted molar refractivity (Wildman–Crippen MR) is 43.1 cm³/mol. The zero-order valence-electron chi connectivity index (χ0n) is 6.14. The molecule has 0 unspecified atom stereocenters. The van der Waals surface area contributed by atoms with Gasteiger partial charge in [0.2, 0.25) is 0 Å². The summed E-state index contributed by atoms with van der Waals surface area (Å²) in [4.78, 5) is 1.50. The fraction of sp³-hybridized carbons (Fsp3) is 0.143. The number of hydrogen-bond acceptors (Lipinski definition) is 0. The highest BCUT2D eigenvalue weighted by molar-refractivity contribution is 5.12. The molecular formula is C7H10N4. The van der Waals surface area contributed by atoms with Crippen LogP contribution in [0, 0.1) is 0 Å². The van der Waals surface area contributed by atoms with Crippen LogP contribution in [0.25, 0.3) is 16.0 Å². The Morgan fingerprint density at radius 1 is 1.18 bits per heavy atom. The summed E-state index contributed by atoms with van der Waals surface area (Å²) in [6.07, 6.45) is 0. The van der Waals surface area contributed by atoms with Crippen molar-refractivity contribution in [1.82, 2.24) is 0 Å². The zero-order chi connectivity index (χ0) is 8.53. The predicted octanol–water partition coefficient (Wildman–Crippen LogP) is 1.29. The van der Waals surface area contributed by atoms with Crippen molar-refractivity contribution >= 4 is 0 Å². The van der Waals surface area contributed by atoms with Crippen molar-refractivity contribution < 1.29 is 5.73 Å². The molecule has 0 spiro atoms. The first-order valence-electron chi connectivity index (χ1n) is 3.16. The van der Waals surface area contributed by atoms with Gasteiger partial charge in [-0.25, -0.2) is 0 Å². The summed E-state index contributed by atoms with van der Waals surface area (Å²) in [6.45, 7) is 0.890. The van der Waals surface area contributed by atoms with Crippen LogP contribution in [0.2, 0.25) is 0 Å². The maximum atomic E-state index is 6.75. The Morgan fingerprint density at radius 3 is 1.91 bits per heavy atom. The summed E-state index contributed by atoms with van der Waals surface area (Å²) in [5.74, 6) is 0. The smallest absolute Gasteiger partial charge is 0.0997 e. The molecule has 0 aliphatic carbocycles. The highest BCUT2D eigenvalue weighted by atomic mass is 15.0. The first kappa shape index (κ1) is 9.49. The molecule has 4 heteroatoms. The quantitative estimate of drug-likeness (QED) is 0.355. The molecular weight excluding hydrogens is 140 g/mol. The summed E-state index contributed by atoms with van der Waals surface area (Å²) in [5, 5.41) is 0. The number of hydrogen-bond donors (Lipinski definition) is 1. The topological polar surface area (TPSA) is 86.3 Å². The minimum atomic E-state index is 0.890. The summed E-state index contributed by atoms with van der Waals surface area (Å²) in [6, 6.07) is 10.2. The van der Waals surface area contributed by atoms with Gasteiger partial charge in [0.15, 0.2) is 0 Å². The Labute approximate surface area is 65.1 Å². The molecule has 3 N–H and O–H groups in total. The second-order valence-corrected chi connectivity index (χ2v) is 1.83. The van der Waals surface area contributed by atoms with Crippen molar-refractivity contribution in [2.75, 3.05) is 0 Å². The molecule has 1 rings (SSSR count). The lowest BCUT2D eigenvalue weighted by molar-refractivity contribution is -0.386. The third kappa shape index (κ3) is 4.96. The Kier molecular flexibility index (Phi) is 5.70. The van der Waals surface area contributed by atoms with Gasteiger partial charge in [0.1, 0.15) is 0 Å². The first-order chi connectivity index (χ1) is 5.35. The molecule has 1 aromatic carbocycles. The van der Waals surface area contributed by atoms with Gasteiger partial charge in [-0.15, -0.1) is 0 Å². The maximum Gasteiger partial charge on any atom is 0.0997 e. The lowest BCUT2D eigenvalue weighted by Crippen LogP contribution is -2.47. The molecule has 1 aromatic rings. The van der Waals surface area contributed by atoms with Crippen molar-refractivity contribution in [1.29, 1.82) is 0 Å². The van der Waals surface area contributed by atoms with Crippen LogP contribution in [0.3, 0.4) is 0 Å². The largest absolute Gasteiger partial charge is 0.373 e. The normalized spacial score (nSPS) is 7.36. The van der Waals surface area contributed by atoms with E-state index in [4.69, 9.17) is 11.1 Å². The molecule has 0 saturated carbocycles. The standard InChI is InChI=1S/C7H9N.N3/c8-6-7-4-2-1-3-5-7;1-3-2/h1-5H,6,8H2;/q;-1/p+1. The van der Waals surface area contributed by atoms with E-state index in [1.807, 2.05) is 18.2 Å². The summed E-state index contributed by atoms with van der Waals surface area (Å²) < 4.78 is 0. The molecule has 0 aliphatic heterocycles. The third-order valence-electron chi connectivity index (χ3n) is 1.13. The molecule has 0 bridgehead atoms. The Bertz CT molecular complexity index is 213. The van der Waals surface area contributed by atoms with Crippen LogP contribution in [0.15, 0.2) is 30.3 Å². The van der Waals surface area contributed by atoms with E-state index in [9.17, 15) is 0 Å². The van der Waals surface area contributed by atoms with E-state index in [1.165, 1.54) is 10.5 Å².